The van der Waals surface area contributed by atoms with Crippen LogP contribution >= 0.6 is 23.2 Å². The molecule has 0 unspecified atom stereocenters. The summed E-state index contributed by atoms with van der Waals surface area (Å²) in [4.78, 5) is 0. The van der Waals surface area contributed by atoms with Gasteiger partial charge in [-0.1, -0.05) is 40.9 Å². The molecule has 0 saturated heterocycles. The molecule has 0 aromatic heterocycles. The number of aryl methyl sites for hydroxylation is 1. The van der Waals surface area contributed by atoms with Gasteiger partial charge in [-0.2, -0.15) is 5.26 Å². The molecule has 20 heavy (non-hydrogen) atoms. The Hall–Kier alpha value is -1.95. The summed E-state index contributed by atoms with van der Waals surface area (Å²) in [6.07, 6.45) is 3.46. The van der Waals surface area contributed by atoms with E-state index in [1.165, 1.54) is 5.56 Å². The summed E-state index contributed by atoms with van der Waals surface area (Å²) in [5.41, 5.74) is 3.07. The fraction of sp³-hybridized carbons (Fsp3) is 0.0625. The zero-order valence-electron chi connectivity index (χ0n) is 10.7. The average Bonchev–Trinajstić information content (AvgIpc) is 2.42. The van der Waals surface area contributed by atoms with Gasteiger partial charge in [-0.05, 0) is 31.2 Å². The van der Waals surface area contributed by atoms with Crippen LogP contribution in [0.5, 0.6) is 0 Å². The van der Waals surface area contributed by atoms with Crippen molar-refractivity contribution in [3.8, 4) is 6.07 Å². The van der Waals surface area contributed by atoms with E-state index in [1.807, 2.05) is 37.3 Å². The maximum atomic E-state index is 9.06. The highest BCUT2D eigenvalue weighted by atomic mass is 35.5. The van der Waals surface area contributed by atoms with Gasteiger partial charge in [0.1, 0.15) is 6.07 Å². The van der Waals surface area contributed by atoms with Crippen molar-refractivity contribution in [3.63, 3.8) is 0 Å². The van der Waals surface area contributed by atoms with Crippen molar-refractivity contribution < 1.29 is 0 Å². The van der Waals surface area contributed by atoms with E-state index in [-0.39, 0.29) is 0 Å². The molecule has 0 heterocycles. The smallest absolute Gasteiger partial charge is 0.101 e. The third-order valence-corrected chi connectivity index (χ3v) is 3.20. The summed E-state index contributed by atoms with van der Waals surface area (Å²) in [6, 6.07) is 14.3. The summed E-state index contributed by atoms with van der Waals surface area (Å²) in [7, 11) is 0. The van der Waals surface area contributed by atoms with Crippen LogP contribution < -0.4 is 5.32 Å². The molecule has 0 aliphatic heterocycles. The molecule has 1 N–H and O–H groups in total. The van der Waals surface area contributed by atoms with Gasteiger partial charge in [0.05, 0.1) is 15.6 Å². The Balaban J connectivity index is 2.20. The number of rotatable bonds is 3. The number of hydrogen-bond donors (Lipinski definition) is 1. The van der Waals surface area contributed by atoms with Crippen molar-refractivity contribution in [2.75, 3.05) is 5.32 Å². The molecule has 0 amide bonds. The number of halogens is 2. The maximum absolute atomic E-state index is 9.06. The van der Waals surface area contributed by atoms with Crippen molar-refractivity contribution >= 4 is 35.0 Å². The van der Waals surface area contributed by atoms with E-state index in [1.54, 1.807) is 18.3 Å². The van der Waals surface area contributed by atoms with Gasteiger partial charge in [-0.25, -0.2) is 0 Å². The van der Waals surface area contributed by atoms with Gasteiger partial charge in [0.2, 0.25) is 0 Å². The van der Waals surface area contributed by atoms with Gasteiger partial charge in [0.25, 0.3) is 0 Å². The number of nitriles is 1. The topological polar surface area (TPSA) is 35.8 Å². The van der Waals surface area contributed by atoms with Crippen molar-refractivity contribution in [1.82, 2.24) is 0 Å². The number of nitrogens with zero attached hydrogens (tertiary/aromatic N) is 1. The minimum atomic E-state index is 0.324. The van der Waals surface area contributed by atoms with Crippen LogP contribution in [0.15, 0.2) is 36.5 Å². The molecule has 2 nitrogen and oxygen atoms in total. The first-order valence-electron chi connectivity index (χ1n) is 5.91. The molecule has 2 aromatic carbocycles. The van der Waals surface area contributed by atoms with Gasteiger partial charge < -0.3 is 5.32 Å². The lowest BCUT2D eigenvalue weighted by atomic mass is 10.1. The van der Waals surface area contributed by atoms with Crippen LogP contribution in [-0.4, -0.2) is 0 Å². The second kappa shape index (κ2) is 6.47. The molecule has 2 rings (SSSR count). The third kappa shape index (κ3) is 3.54. The number of benzene rings is 2. The van der Waals surface area contributed by atoms with Gasteiger partial charge in [-0.15, -0.1) is 0 Å². The minimum Gasteiger partial charge on any atom is -0.362 e. The molecule has 0 aliphatic rings. The van der Waals surface area contributed by atoms with Crippen LogP contribution in [0.3, 0.4) is 0 Å². The summed E-state index contributed by atoms with van der Waals surface area (Å²) >= 11 is 11.9. The van der Waals surface area contributed by atoms with E-state index >= 15 is 0 Å². The Morgan fingerprint density at radius 3 is 2.60 bits per heavy atom. The fourth-order valence-corrected chi connectivity index (χ4v) is 2.18. The minimum absolute atomic E-state index is 0.324. The van der Waals surface area contributed by atoms with Gasteiger partial charge in [0, 0.05) is 23.5 Å². The van der Waals surface area contributed by atoms with Crippen LogP contribution in [0.1, 0.15) is 16.7 Å². The Morgan fingerprint density at radius 1 is 1.25 bits per heavy atom. The van der Waals surface area contributed by atoms with E-state index in [0.717, 1.165) is 5.69 Å². The highest BCUT2D eigenvalue weighted by Gasteiger charge is 2.06. The van der Waals surface area contributed by atoms with Crippen molar-refractivity contribution in [2.24, 2.45) is 0 Å². The van der Waals surface area contributed by atoms with Crippen molar-refractivity contribution in [1.29, 1.82) is 5.26 Å². The largest absolute Gasteiger partial charge is 0.362 e. The van der Waals surface area contributed by atoms with E-state index in [0.29, 0.717) is 21.2 Å². The lowest BCUT2D eigenvalue weighted by molar-refractivity contribution is 1.45. The van der Waals surface area contributed by atoms with Crippen LogP contribution in [0.25, 0.3) is 6.08 Å². The van der Waals surface area contributed by atoms with Crippen molar-refractivity contribution in [3.05, 3.63) is 69.3 Å². The van der Waals surface area contributed by atoms with E-state index in [4.69, 9.17) is 28.5 Å². The van der Waals surface area contributed by atoms with Crippen molar-refractivity contribution in [2.45, 2.75) is 6.92 Å². The Morgan fingerprint density at radius 2 is 1.95 bits per heavy atom. The molecule has 0 bridgehead atoms. The standard InChI is InChI=1S/C16H11Cl2N2/c1-11-2-4-14(5-3-11)20-7-6-15-12(10-19)8-13(17)9-16(15)18/h2-7,9,20H,1H3. The average molecular weight is 302 g/mol. The number of nitrogens with one attached hydrogen (secondary N) is 1. The lowest BCUT2D eigenvalue weighted by Gasteiger charge is -2.04. The molecule has 1 radical (unpaired) electrons. The molecule has 2 aromatic rings. The monoisotopic (exact) mass is 301 g/mol. The van der Waals surface area contributed by atoms with Crippen LogP contribution in [0, 0.1) is 24.3 Å². The Labute approximate surface area is 128 Å². The van der Waals surface area contributed by atoms with E-state index in [2.05, 4.69) is 11.4 Å². The zero-order valence-corrected chi connectivity index (χ0v) is 12.3. The first-order chi connectivity index (χ1) is 9.60. The highest BCUT2D eigenvalue weighted by molar-refractivity contribution is 6.35. The van der Waals surface area contributed by atoms with Crippen LogP contribution in [0.2, 0.25) is 10.0 Å². The molecule has 0 aliphatic carbocycles. The molecular weight excluding hydrogens is 291 g/mol. The summed E-state index contributed by atoms with van der Waals surface area (Å²) < 4.78 is 0. The summed E-state index contributed by atoms with van der Waals surface area (Å²) in [5, 5.41) is 12.9. The zero-order chi connectivity index (χ0) is 14.5. The maximum Gasteiger partial charge on any atom is 0.101 e. The third-order valence-electron chi connectivity index (χ3n) is 2.69. The molecule has 0 atom stereocenters. The SMILES string of the molecule is Cc1ccc(NC=Cc2c(C#N)[c]c(Cl)cc2Cl)cc1. The first-order valence-corrected chi connectivity index (χ1v) is 6.67. The summed E-state index contributed by atoms with van der Waals surface area (Å²) in [6.45, 7) is 2.03. The van der Waals surface area contributed by atoms with Crippen LogP contribution in [0.4, 0.5) is 5.69 Å². The molecule has 99 valence electrons. The van der Waals surface area contributed by atoms with Gasteiger partial charge >= 0.3 is 0 Å². The molecule has 4 heteroatoms. The second-order valence-electron chi connectivity index (χ2n) is 4.21. The predicted molar refractivity (Wildman–Crippen MR) is 83.8 cm³/mol. The van der Waals surface area contributed by atoms with Gasteiger partial charge in [-0.3, -0.25) is 0 Å². The second-order valence-corrected chi connectivity index (χ2v) is 5.02. The highest BCUT2D eigenvalue weighted by Crippen LogP contribution is 2.25. The molecule has 0 fully saturated rings. The lowest BCUT2D eigenvalue weighted by Crippen LogP contribution is -1.89. The number of anilines is 1. The predicted octanol–water partition coefficient (Wildman–Crippen LogP) is 5.06. The normalized spacial score (nSPS) is 10.5. The van der Waals surface area contributed by atoms with Gasteiger partial charge in [0.15, 0.2) is 0 Å². The molecule has 0 spiro atoms. The van der Waals surface area contributed by atoms with E-state index in [9.17, 15) is 0 Å². The quantitative estimate of drug-likeness (QED) is 0.860. The molecule has 0 saturated carbocycles. The fourth-order valence-electron chi connectivity index (χ4n) is 1.65. The van der Waals surface area contributed by atoms with Crippen LogP contribution in [-0.2, 0) is 0 Å². The number of hydrogen-bond acceptors (Lipinski definition) is 2. The summed E-state index contributed by atoms with van der Waals surface area (Å²) in [5.74, 6) is 0. The Kier molecular flexibility index (Phi) is 4.68. The first kappa shape index (κ1) is 14.5. The van der Waals surface area contributed by atoms with E-state index < -0.39 is 0 Å². The Bertz CT molecular complexity index is 683. The molecular formula is C16H11Cl2N2.